The summed E-state index contributed by atoms with van der Waals surface area (Å²) in [6, 6.07) is 5.70. The van der Waals surface area contributed by atoms with E-state index in [1.807, 2.05) is 12.1 Å². The number of nitrogens with zero attached hydrogens (tertiary/aromatic N) is 1. The molecule has 3 rings (SSSR count). The Kier molecular flexibility index (Phi) is 4.78. The SMILES string of the molecule is COc1ccc([C@@]23C=CC(O)C[C@@H]2N(C)CC3)cc1OCC(F)F. The molecule has 0 saturated carbocycles. The van der Waals surface area contributed by atoms with E-state index in [1.54, 1.807) is 12.1 Å². The van der Waals surface area contributed by atoms with Crippen molar-refractivity contribution in [1.82, 2.24) is 4.90 Å². The van der Waals surface area contributed by atoms with Crippen molar-refractivity contribution >= 4 is 0 Å². The Morgan fingerprint density at radius 3 is 2.88 bits per heavy atom. The first-order valence-electron chi connectivity index (χ1n) is 8.13. The number of ether oxygens (including phenoxy) is 2. The molecule has 2 aliphatic rings. The highest BCUT2D eigenvalue weighted by molar-refractivity contribution is 5.48. The average molecular weight is 339 g/mol. The number of alkyl halides is 2. The maximum atomic E-state index is 12.5. The van der Waals surface area contributed by atoms with Crippen molar-refractivity contribution < 1.29 is 23.4 Å². The van der Waals surface area contributed by atoms with Crippen LogP contribution >= 0.6 is 0 Å². The predicted octanol–water partition coefficient (Wildman–Crippen LogP) is 2.60. The summed E-state index contributed by atoms with van der Waals surface area (Å²) >= 11 is 0. The molecule has 0 spiro atoms. The van der Waals surface area contributed by atoms with Gasteiger partial charge in [0.2, 0.25) is 0 Å². The van der Waals surface area contributed by atoms with Crippen LogP contribution in [0.3, 0.4) is 0 Å². The van der Waals surface area contributed by atoms with Crippen molar-refractivity contribution in [2.24, 2.45) is 0 Å². The Morgan fingerprint density at radius 1 is 1.38 bits per heavy atom. The van der Waals surface area contributed by atoms with E-state index in [-0.39, 0.29) is 11.5 Å². The van der Waals surface area contributed by atoms with Crippen LogP contribution in [0.1, 0.15) is 18.4 Å². The molecule has 4 nitrogen and oxygen atoms in total. The maximum Gasteiger partial charge on any atom is 0.272 e. The number of likely N-dealkylation sites (tertiary alicyclic amines) is 1. The Morgan fingerprint density at radius 2 is 2.17 bits per heavy atom. The molecular formula is C18H23F2NO3. The van der Waals surface area contributed by atoms with Crippen molar-refractivity contribution in [3.05, 3.63) is 35.9 Å². The smallest absolute Gasteiger partial charge is 0.272 e. The number of benzene rings is 1. The van der Waals surface area contributed by atoms with E-state index in [0.717, 1.165) is 18.5 Å². The largest absolute Gasteiger partial charge is 0.493 e. The number of aliphatic hydroxyl groups is 1. The zero-order valence-electron chi connectivity index (χ0n) is 13.9. The van der Waals surface area contributed by atoms with E-state index in [2.05, 4.69) is 18.0 Å². The summed E-state index contributed by atoms with van der Waals surface area (Å²) in [5.74, 6) is 0.774. The van der Waals surface area contributed by atoms with Gasteiger partial charge in [0.25, 0.3) is 6.43 Å². The van der Waals surface area contributed by atoms with Gasteiger partial charge in [0.05, 0.1) is 13.2 Å². The molecule has 0 radical (unpaired) electrons. The minimum absolute atomic E-state index is 0.175. The molecule has 1 unspecified atom stereocenters. The number of rotatable bonds is 5. The first-order chi connectivity index (χ1) is 11.5. The zero-order valence-corrected chi connectivity index (χ0v) is 13.9. The van der Waals surface area contributed by atoms with Crippen LogP contribution in [0.25, 0.3) is 0 Å². The Labute approximate surface area is 140 Å². The summed E-state index contributed by atoms with van der Waals surface area (Å²) < 4.78 is 35.5. The van der Waals surface area contributed by atoms with Crippen LogP contribution in [0.15, 0.2) is 30.4 Å². The van der Waals surface area contributed by atoms with Crippen molar-refractivity contribution in [3.8, 4) is 11.5 Å². The summed E-state index contributed by atoms with van der Waals surface area (Å²) in [7, 11) is 3.54. The number of aliphatic hydroxyl groups excluding tert-OH is 1. The van der Waals surface area contributed by atoms with Gasteiger partial charge in [-0.1, -0.05) is 18.2 Å². The van der Waals surface area contributed by atoms with Gasteiger partial charge in [-0.2, -0.15) is 0 Å². The average Bonchev–Trinajstić information content (AvgIpc) is 2.90. The highest BCUT2D eigenvalue weighted by Gasteiger charge is 2.48. The number of hydrogen-bond donors (Lipinski definition) is 1. The molecule has 1 aromatic carbocycles. The number of hydrogen-bond acceptors (Lipinski definition) is 4. The van der Waals surface area contributed by atoms with E-state index in [0.29, 0.717) is 17.9 Å². The fourth-order valence-electron chi connectivity index (χ4n) is 3.92. The van der Waals surface area contributed by atoms with Crippen LogP contribution in [0.2, 0.25) is 0 Å². The molecule has 1 heterocycles. The zero-order chi connectivity index (χ0) is 17.3. The molecule has 0 aromatic heterocycles. The normalized spacial score (nSPS) is 29.8. The van der Waals surface area contributed by atoms with Gasteiger partial charge in [-0.15, -0.1) is 0 Å². The fraction of sp³-hybridized carbons (Fsp3) is 0.556. The van der Waals surface area contributed by atoms with Crippen molar-refractivity contribution in [3.63, 3.8) is 0 Å². The van der Waals surface area contributed by atoms with Crippen LogP contribution in [-0.2, 0) is 5.41 Å². The van der Waals surface area contributed by atoms with Crippen LogP contribution in [0.4, 0.5) is 8.78 Å². The second-order valence-corrected chi connectivity index (χ2v) is 6.52. The molecule has 1 saturated heterocycles. The molecule has 1 fully saturated rings. The van der Waals surface area contributed by atoms with Gasteiger partial charge < -0.3 is 19.5 Å². The van der Waals surface area contributed by atoms with Crippen LogP contribution in [0.5, 0.6) is 11.5 Å². The van der Waals surface area contributed by atoms with Gasteiger partial charge in [0, 0.05) is 11.5 Å². The fourth-order valence-corrected chi connectivity index (χ4v) is 3.92. The van der Waals surface area contributed by atoms with Gasteiger partial charge in [-0.25, -0.2) is 8.78 Å². The Hall–Kier alpha value is -1.66. The number of methoxy groups -OCH3 is 1. The lowest BCUT2D eigenvalue weighted by atomic mass is 9.69. The molecule has 1 N–H and O–H groups in total. The Bertz CT molecular complexity index is 622. The molecule has 1 aliphatic heterocycles. The molecule has 1 aliphatic carbocycles. The molecule has 132 valence electrons. The highest BCUT2D eigenvalue weighted by atomic mass is 19.3. The van der Waals surface area contributed by atoms with E-state index in [1.165, 1.54) is 7.11 Å². The standard InChI is InChI=1S/C18H23F2NO3/c1-21-8-7-18(6-5-13(22)10-16(18)21)12-3-4-14(23-2)15(9-12)24-11-17(19)20/h3-6,9,13,16-17,22H,7-8,10-11H2,1-2H3/t13?,16-,18-/m0/s1. The van der Waals surface area contributed by atoms with Gasteiger partial charge in [-0.3, -0.25) is 0 Å². The first-order valence-corrected chi connectivity index (χ1v) is 8.13. The van der Waals surface area contributed by atoms with Crippen molar-refractivity contribution in [2.75, 3.05) is 27.3 Å². The van der Waals surface area contributed by atoms with E-state index < -0.39 is 19.1 Å². The maximum absolute atomic E-state index is 12.5. The van der Waals surface area contributed by atoms with Gasteiger partial charge in [0.1, 0.15) is 6.61 Å². The summed E-state index contributed by atoms with van der Waals surface area (Å²) in [6.45, 7) is 0.256. The van der Waals surface area contributed by atoms with E-state index in [9.17, 15) is 13.9 Å². The minimum Gasteiger partial charge on any atom is -0.493 e. The summed E-state index contributed by atoms with van der Waals surface area (Å²) in [5.41, 5.74) is 0.772. The molecular weight excluding hydrogens is 316 g/mol. The third-order valence-electron chi connectivity index (χ3n) is 5.15. The Balaban J connectivity index is 1.98. The molecule has 6 heteroatoms. The van der Waals surface area contributed by atoms with Crippen LogP contribution in [0, 0.1) is 0 Å². The van der Waals surface area contributed by atoms with E-state index in [4.69, 9.17) is 9.47 Å². The second kappa shape index (κ2) is 6.69. The molecule has 3 atom stereocenters. The number of halogens is 2. The van der Waals surface area contributed by atoms with E-state index >= 15 is 0 Å². The summed E-state index contributed by atoms with van der Waals surface area (Å²) in [6.07, 6.45) is 2.49. The van der Waals surface area contributed by atoms with Crippen LogP contribution < -0.4 is 9.47 Å². The second-order valence-electron chi connectivity index (χ2n) is 6.52. The van der Waals surface area contributed by atoms with Gasteiger partial charge in [0.15, 0.2) is 11.5 Å². The topological polar surface area (TPSA) is 41.9 Å². The molecule has 0 amide bonds. The first kappa shape index (κ1) is 17.2. The monoisotopic (exact) mass is 339 g/mol. The van der Waals surface area contributed by atoms with Crippen molar-refractivity contribution in [1.29, 1.82) is 0 Å². The van der Waals surface area contributed by atoms with Gasteiger partial charge >= 0.3 is 0 Å². The molecule has 0 bridgehead atoms. The predicted molar refractivity (Wildman–Crippen MR) is 87.0 cm³/mol. The number of likely N-dealkylation sites (N-methyl/N-ethyl adjacent to an activating group) is 1. The summed E-state index contributed by atoms with van der Waals surface area (Å²) in [5, 5.41) is 9.98. The lowest BCUT2D eigenvalue weighted by Crippen LogP contribution is -2.44. The third-order valence-corrected chi connectivity index (χ3v) is 5.15. The van der Waals surface area contributed by atoms with Gasteiger partial charge in [-0.05, 0) is 44.1 Å². The molecule has 24 heavy (non-hydrogen) atoms. The van der Waals surface area contributed by atoms with Crippen LogP contribution in [-0.4, -0.2) is 55.9 Å². The lowest BCUT2D eigenvalue weighted by molar-refractivity contribution is 0.0802. The number of fused-ring (bicyclic) bond motifs is 1. The lowest BCUT2D eigenvalue weighted by Gasteiger charge is -2.39. The quantitative estimate of drug-likeness (QED) is 0.838. The third kappa shape index (κ3) is 3.00. The minimum atomic E-state index is -2.54. The highest BCUT2D eigenvalue weighted by Crippen LogP contribution is 2.47. The van der Waals surface area contributed by atoms with Crippen molar-refractivity contribution in [2.45, 2.75) is 36.8 Å². The molecule has 1 aromatic rings. The summed E-state index contributed by atoms with van der Waals surface area (Å²) in [4.78, 5) is 2.25.